The minimum Gasteiger partial charge on any atom is -0.453 e. The van der Waals surface area contributed by atoms with Crippen LogP contribution in [0, 0.1) is 11.3 Å². The molecular weight excluding hydrogens is 426 g/mol. The molecule has 2 aromatic carbocycles. The SMILES string of the molecule is COC(=O)N1CCc2c(sc(NC(=O)c3ccc(C(=O)c4ccccc4)cc3)c2C#N)C1. The number of carbonyl (C=O) groups is 3. The summed E-state index contributed by atoms with van der Waals surface area (Å²) in [6.45, 7) is 0.795. The van der Waals surface area contributed by atoms with Crippen molar-refractivity contribution in [3.05, 3.63) is 87.3 Å². The monoisotopic (exact) mass is 445 g/mol. The summed E-state index contributed by atoms with van der Waals surface area (Å²) in [5, 5.41) is 12.9. The highest BCUT2D eigenvalue weighted by Crippen LogP contribution is 2.37. The molecular formula is C24H19N3O4S. The first-order chi connectivity index (χ1) is 15.5. The average molecular weight is 446 g/mol. The molecule has 1 aliphatic heterocycles. The molecule has 0 radical (unpaired) electrons. The summed E-state index contributed by atoms with van der Waals surface area (Å²) in [6.07, 6.45) is 0.106. The Labute approximate surface area is 188 Å². The van der Waals surface area contributed by atoms with Crippen molar-refractivity contribution < 1.29 is 19.1 Å². The van der Waals surface area contributed by atoms with Crippen LogP contribution in [0.3, 0.4) is 0 Å². The van der Waals surface area contributed by atoms with E-state index < -0.39 is 6.09 Å². The molecule has 1 aliphatic rings. The van der Waals surface area contributed by atoms with E-state index in [4.69, 9.17) is 4.74 Å². The van der Waals surface area contributed by atoms with Crippen LogP contribution in [0.5, 0.6) is 0 Å². The quantitative estimate of drug-likeness (QED) is 0.606. The maximum atomic E-state index is 12.8. The topological polar surface area (TPSA) is 99.5 Å². The molecule has 0 spiro atoms. The number of ether oxygens (including phenoxy) is 1. The highest BCUT2D eigenvalue weighted by molar-refractivity contribution is 7.16. The van der Waals surface area contributed by atoms with Gasteiger partial charge in [-0.15, -0.1) is 11.3 Å². The molecule has 160 valence electrons. The maximum absolute atomic E-state index is 12.8. The Morgan fingerprint density at radius 3 is 2.34 bits per heavy atom. The average Bonchev–Trinajstić information content (AvgIpc) is 3.19. The van der Waals surface area contributed by atoms with E-state index in [1.165, 1.54) is 18.4 Å². The second kappa shape index (κ2) is 9.04. The van der Waals surface area contributed by atoms with E-state index >= 15 is 0 Å². The number of rotatable bonds is 4. The van der Waals surface area contributed by atoms with Crippen molar-refractivity contribution in [3.63, 3.8) is 0 Å². The lowest BCUT2D eigenvalue weighted by Gasteiger charge is -2.25. The van der Waals surface area contributed by atoms with Crippen molar-refractivity contribution >= 4 is 34.1 Å². The zero-order chi connectivity index (χ0) is 22.7. The van der Waals surface area contributed by atoms with E-state index in [9.17, 15) is 19.6 Å². The molecule has 8 heteroatoms. The summed E-state index contributed by atoms with van der Waals surface area (Å²) in [4.78, 5) is 39.6. The molecule has 0 fully saturated rings. The lowest BCUT2D eigenvalue weighted by molar-refractivity contribution is 0.102. The van der Waals surface area contributed by atoms with Crippen molar-refractivity contribution in [2.45, 2.75) is 13.0 Å². The first kappa shape index (κ1) is 21.3. The van der Waals surface area contributed by atoms with Crippen molar-refractivity contribution in [1.29, 1.82) is 5.26 Å². The molecule has 0 atom stereocenters. The summed E-state index contributed by atoms with van der Waals surface area (Å²) in [6, 6.07) is 17.5. The third kappa shape index (κ3) is 4.11. The Morgan fingerprint density at radius 1 is 1.03 bits per heavy atom. The Morgan fingerprint density at radius 2 is 1.69 bits per heavy atom. The van der Waals surface area contributed by atoms with Gasteiger partial charge in [0.25, 0.3) is 5.91 Å². The van der Waals surface area contributed by atoms with E-state index in [2.05, 4.69) is 11.4 Å². The van der Waals surface area contributed by atoms with Gasteiger partial charge in [0.1, 0.15) is 11.1 Å². The zero-order valence-electron chi connectivity index (χ0n) is 17.3. The third-order valence-corrected chi connectivity index (χ3v) is 6.41. The van der Waals surface area contributed by atoms with Crippen molar-refractivity contribution in [3.8, 4) is 6.07 Å². The molecule has 0 bridgehead atoms. The van der Waals surface area contributed by atoms with E-state index in [0.717, 1.165) is 10.4 Å². The van der Waals surface area contributed by atoms with Crippen LogP contribution in [-0.4, -0.2) is 36.3 Å². The van der Waals surface area contributed by atoms with Crippen LogP contribution in [0.1, 0.15) is 42.3 Å². The fourth-order valence-electron chi connectivity index (χ4n) is 3.60. The van der Waals surface area contributed by atoms with Crippen molar-refractivity contribution in [2.24, 2.45) is 0 Å². The van der Waals surface area contributed by atoms with E-state index in [1.807, 2.05) is 6.07 Å². The minimum atomic E-state index is -0.418. The van der Waals surface area contributed by atoms with Crippen LogP contribution in [0.2, 0.25) is 0 Å². The molecule has 32 heavy (non-hydrogen) atoms. The molecule has 0 unspecified atom stereocenters. The number of ketones is 1. The fourth-order valence-corrected chi connectivity index (χ4v) is 4.81. The van der Waals surface area contributed by atoms with Gasteiger partial charge in [-0.3, -0.25) is 9.59 Å². The zero-order valence-corrected chi connectivity index (χ0v) is 18.1. The van der Waals surface area contributed by atoms with Crippen LogP contribution in [0.15, 0.2) is 54.6 Å². The van der Waals surface area contributed by atoms with E-state index in [1.54, 1.807) is 53.4 Å². The molecule has 1 aromatic heterocycles. The Bertz CT molecular complexity index is 1230. The van der Waals surface area contributed by atoms with Gasteiger partial charge in [-0.25, -0.2) is 4.79 Å². The van der Waals surface area contributed by atoms with Gasteiger partial charge in [0.15, 0.2) is 5.78 Å². The fraction of sp³-hybridized carbons (Fsp3) is 0.167. The van der Waals surface area contributed by atoms with Gasteiger partial charge < -0.3 is 15.0 Å². The number of hydrogen-bond donors (Lipinski definition) is 1. The first-order valence-electron chi connectivity index (χ1n) is 9.90. The number of benzene rings is 2. The molecule has 2 amide bonds. The predicted octanol–water partition coefficient (Wildman–Crippen LogP) is 4.23. The lowest BCUT2D eigenvalue weighted by Crippen LogP contribution is -2.35. The van der Waals surface area contributed by atoms with Gasteiger partial charge in [-0.05, 0) is 24.1 Å². The number of carbonyl (C=O) groups excluding carboxylic acids is 3. The van der Waals surface area contributed by atoms with Crippen LogP contribution in [0.4, 0.5) is 9.80 Å². The highest BCUT2D eigenvalue weighted by atomic mass is 32.1. The third-order valence-electron chi connectivity index (χ3n) is 5.27. The number of amides is 2. The van der Waals surface area contributed by atoms with E-state index in [0.29, 0.717) is 46.8 Å². The summed E-state index contributed by atoms with van der Waals surface area (Å²) in [7, 11) is 1.33. The van der Waals surface area contributed by atoms with Gasteiger partial charge in [0.05, 0.1) is 19.2 Å². The van der Waals surface area contributed by atoms with Crippen LogP contribution < -0.4 is 5.32 Å². The standard InChI is InChI=1S/C24H19N3O4S/c1-31-24(30)27-12-11-18-19(13-25)23(32-20(18)14-27)26-22(29)17-9-7-16(8-10-17)21(28)15-5-3-2-4-6-15/h2-10H,11-12,14H2,1H3,(H,26,29). The lowest BCUT2D eigenvalue weighted by atomic mass is 10.0. The first-order valence-corrected chi connectivity index (χ1v) is 10.7. The van der Waals surface area contributed by atoms with Crippen LogP contribution in [0.25, 0.3) is 0 Å². The summed E-state index contributed by atoms with van der Waals surface area (Å²) in [5.41, 5.74) is 2.73. The predicted molar refractivity (Wildman–Crippen MR) is 120 cm³/mol. The molecule has 0 saturated heterocycles. The van der Waals surface area contributed by atoms with Crippen molar-refractivity contribution in [1.82, 2.24) is 4.90 Å². The maximum Gasteiger partial charge on any atom is 0.409 e. The van der Waals surface area contributed by atoms with Gasteiger partial charge in [0.2, 0.25) is 0 Å². The summed E-state index contributed by atoms with van der Waals surface area (Å²) >= 11 is 1.29. The molecule has 1 N–H and O–H groups in total. The molecule has 3 aromatic rings. The van der Waals surface area contributed by atoms with Crippen molar-refractivity contribution in [2.75, 3.05) is 19.0 Å². The number of nitrogens with one attached hydrogen (secondary N) is 1. The molecule has 0 saturated carbocycles. The molecule has 0 aliphatic carbocycles. The highest BCUT2D eigenvalue weighted by Gasteiger charge is 2.28. The summed E-state index contributed by atoms with van der Waals surface area (Å²) in [5.74, 6) is -0.492. The molecule has 4 rings (SSSR count). The number of methoxy groups -OCH3 is 1. The normalized spacial score (nSPS) is 12.4. The number of nitriles is 1. The minimum absolute atomic E-state index is 0.120. The molecule has 2 heterocycles. The Hall–Kier alpha value is -3.96. The largest absolute Gasteiger partial charge is 0.453 e. The number of anilines is 1. The second-order valence-electron chi connectivity index (χ2n) is 7.19. The number of hydrogen-bond acceptors (Lipinski definition) is 6. The van der Waals surface area contributed by atoms with Gasteiger partial charge >= 0.3 is 6.09 Å². The van der Waals surface area contributed by atoms with Crippen LogP contribution >= 0.6 is 11.3 Å². The molecule has 7 nitrogen and oxygen atoms in total. The number of nitrogens with zero attached hydrogens (tertiary/aromatic N) is 2. The van der Waals surface area contributed by atoms with Crippen LogP contribution in [-0.2, 0) is 17.7 Å². The smallest absolute Gasteiger partial charge is 0.409 e. The van der Waals surface area contributed by atoms with Gasteiger partial charge in [-0.1, -0.05) is 42.5 Å². The van der Waals surface area contributed by atoms with E-state index in [-0.39, 0.29) is 11.7 Å². The van der Waals surface area contributed by atoms with Gasteiger partial charge in [0, 0.05) is 28.1 Å². The van der Waals surface area contributed by atoms with Gasteiger partial charge in [-0.2, -0.15) is 5.26 Å². The number of fused-ring (bicyclic) bond motifs is 1. The second-order valence-corrected chi connectivity index (χ2v) is 8.29. The Balaban J connectivity index is 1.51. The Kier molecular flexibility index (Phi) is 6.01. The number of thiophene rings is 1. The summed E-state index contributed by atoms with van der Waals surface area (Å²) < 4.78 is 4.78.